The Morgan fingerprint density at radius 1 is 1.39 bits per heavy atom. The third-order valence-corrected chi connectivity index (χ3v) is 5.49. The fourth-order valence-electron chi connectivity index (χ4n) is 3.24. The van der Waals surface area contributed by atoms with E-state index < -0.39 is 0 Å². The van der Waals surface area contributed by atoms with Crippen LogP contribution in [0.3, 0.4) is 0 Å². The van der Waals surface area contributed by atoms with Crippen LogP contribution in [0.4, 0.5) is 0 Å². The summed E-state index contributed by atoms with van der Waals surface area (Å²) in [5.74, 6) is 0.816. The van der Waals surface area contributed by atoms with Gasteiger partial charge in [0.2, 0.25) is 0 Å². The summed E-state index contributed by atoms with van der Waals surface area (Å²) >= 11 is 3.56. The first-order chi connectivity index (χ1) is 8.61. The van der Waals surface area contributed by atoms with E-state index in [0.717, 1.165) is 5.92 Å². The van der Waals surface area contributed by atoms with Gasteiger partial charge in [0, 0.05) is 17.1 Å². The van der Waals surface area contributed by atoms with E-state index in [1.54, 1.807) is 0 Å². The van der Waals surface area contributed by atoms with Gasteiger partial charge in [0.1, 0.15) is 0 Å². The van der Waals surface area contributed by atoms with Crippen molar-refractivity contribution >= 4 is 15.9 Å². The molecule has 0 heterocycles. The first-order valence-corrected chi connectivity index (χ1v) is 7.92. The second-order valence-corrected chi connectivity index (χ2v) is 7.25. The maximum atomic E-state index is 3.83. The molecule has 1 nitrogen and oxygen atoms in total. The lowest BCUT2D eigenvalue weighted by molar-refractivity contribution is 0.320. The molecule has 1 N–H and O–H groups in total. The van der Waals surface area contributed by atoms with Crippen LogP contribution in [0.1, 0.15) is 50.3 Å². The van der Waals surface area contributed by atoms with Gasteiger partial charge in [-0.25, -0.2) is 0 Å². The van der Waals surface area contributed by atoms with Gasteiger partial charge in [-0.05, 0) is 60.3 Å². The zero-order chi connectivity index (χ0) is 12.8. The quantitative estimate of drug-likeness (QED) is 0.866. The van der Waals surface area contributed by atoms with Gasteiger partial charge in [0.15, 0.2) is 0 Å². The molecule has 0 aromatic heterocycles. The second-order valence-electron chi connectivity index (χ2n) is 6.33. The van der Waals surface area contributed by atoms with Gasteiger partial charge in [-0.3, -0.25) is 0 Å². The van der Waals surface area contributed by atoms with Gasteiger partial charge < -0.3 is 5.32 Å². The zero-order valence-electron chi connectivity index (χ0n) is 11.3. The van der Waals surface area contributed by atoms with Crippen LogP contribution in [0.2, 0.25) is 0 Å². The van der Waals surface area contributed by atoms with Crippen molar-refractivity contribution in [2.75, 3.05) is 6.54 Å². The Morgan fingerprint density at radius 3 is 2.83 bits per heavy atom. The molecule has 0 bridgehead atoms. The molecule has 98 valence electrons. The normalized spacial score (nSPS) is 24.3. The highest BCUT2D eigenvalue weighted by atomic mass is 79.9. The molecular weight excluding hydrogens is 286 g/mol. The predicted molar refractivity (Wildman–Crippen MR) is 79.7 cm³/mol. The SMILES string of the molecule is CC(C)C1(CNC2CCc3cc(Br)ccc32)CC1. The lowest BCUT2D eigenvalue weighted by Gasteiger charge is -2.23. The summed E-state index contributed by atoms with van der Waals surface area (Å²) in [6.45, 7) is 5.94. The van der Waals surface area contributed by atoms with E-state index >= 15 is 0 Å². The summed E-state index contributed by atoms with van der Waals surface area (Å²) in [6.07, 6.45) is 5.32. The topological polar surface area (TPSA) is 12.0 Å². The van der Waals surface area contributed by atoms with Gasteiger partial charge in [-0.1, -0.05) is 35.8 Å². The highest BCUT2D eigenvalue weighted by Gasteiger charge is 2.45. The molecular formula is C16H22BrN. The molecule has 2 aliphatic carbocycles. The number of hydrogen-bond donors (Lipinski definition) is 1. The first-order valence-electron chi connectivity index (χ1n) is 7.12. The van der Waals surface area contributed by atoms with E-state index in [0.29, 0.717) is 11.5 Å². The number of aryl methyl sites for hydroxylation is 1. The van der Waals surface area contributed by atoms with Crippen LogP contribution in [-0.4, -0.2) is 6.54 Å². The number of nitrogens with one attached hydrogen (secondary N) is 1. The average molecular weight is 308 g/mol. The van der Waals surface area contributed by atoms with Gasteiger partial charge >= 0.3 is 0 Å². The Hall–Kier alpha value is -0.340. The minimum Gasteiger partial charge on any atom is -0.309 e. The summed E-state index contributed by atoms with van der Waals surface area (Å²) in [7, 11) is 0. The molecule has 2 heteroatoms. The maximum Gasteiger partial charge on any atom is 0.0326 e. The van der Waals surface area contributed by atoms with Crippen LogP contribution in [0.5, 0.6) is 0 Å². The van der Waals surface area contributed by atoms with Gasteiger partial charge in [0.25, 0.3) is 0 Å². The largest absolute Gasteiger partial charge is 0.309 e. The van der Waals surface area contributed by atoms with Crippen LogP contribution in [0, 0.1) is 11.3 Å². The van der Waals surface area contributed by atoms with Crippen molar-refractivity contribution in [3.05, 3.63) is 33.8 Å². The van der Waals surface area contributed by atoms with Crippen LogP contribution < -0.4 is 5.32 Å². The lowest BCUT2D eigenvalue weighted by Crippen LogP contribution is -2.30. The van der Waals surface area contributed by atoms with Crippen molar-refractivity contribution in [1.82, 2.24) is 5.32 Å². The Kier molecular flexibility index (Phi) is 3.27. The summed E-state index contributed by atoms with van der Waals surface area (Å²) in [4.78, 5) is 0. The van der Waals surface area contributed by atoms with Crippen molar-refractivity contribution < 1.29 is 0 Å². The van der Waals surface area contributed by atoms with Crippen molar-refractivity contribution in [2.24, 2.45) is 11.3 Å². The van der Waals surface area contributed by atoms with E-state index in [2.05, 4.69) is 53.3 Å². The van der Waals surface area contributed by atoms with Gasteiger partial charge in [0.05, 0.1) is 0 Å². The predicted octanol–water partition coefficient (Wildman–Crippen LogP) is 4.46. The van der Waals surface area contributed by atoms with Gasteiger partial charge in [-0.2, -0.15) is 0 Å². The summed E-state index contributed by atoms with van der Waals surface area (Å²) in [5, 5.41) is 3.83. The van der Waals surface area contributed by atoms with E-state index in [4.69, 9.17) is 0 Å². The fraction of sp³-hybridized carbons (Fsp3) is 0.625. The Bertz CT molecular complexity index is 448. The van der Waals surface area contributed by atoms with Crippen LogP contribution in [0.15, 0.2) is 22.7 Å². The minimum absolute atomic E-state index is 0.587. The van der Waals surface area contributed by atoms with E-state index in [-0.39, 0.29) is 0 Å². The van der Waals surface area contributed by atoms with E-state index in [1.165, 1.54) is 47.8 Å². The monoisotopic (exact) mass is 307 g/mol. The van der Waals surface area contributed by atoms with E-state index in [1.807, 2.05) is 0 Å². The zero-order valence-corrected chi connectivity index (χ0v) is 12.9. The molecule has 1 atom stereocenters. The molecule has 3 rings (SSSR count). The molecule has 1 aromatic rings. The molecule has 1 fully saturated rings. The van der Waals surface area contributed by atoms with Crippen LogP contribution in [-0.2, 0) is 6.42 Å². The Morgan fingerprint density at radius 2 is 2.17 bits per heavy atom. The molecule has 1 saturated carbocycles. The average Bonchev–Trinajstić information content (AvgIpc) is 3.03. The van der Waals surface area contributed by atoms with Crippen molar-refractivity contribution in [1.29, 1.82) is 0 Å². The standard InChI is InChI=1S/C16H22BrN/c1-11(2)16(7-8-16)10-18-15-6-3-12-9-13(17)4-5-14(12)15/h4-5,9,11,15,18H,3,6-8,10H2,1-2H3. The highest BCUT2D eigenvalue weighted by molar-refractivity contribution is 9.10. The Labute approximate surface area is 118 Å². The maximum absolute atomic E-state index is 3.83. The minimum atomic E-state index is 0.587. The van der Waals surface area contributed by atoms with Crippen molar-refractivity contribution in [2.45, 2.75) is 45.6 Å². The number of rotatable bonds is 4. The molecule has 1 aromatic carbocycles. The third kappa shape index (κ3) is 2.25. The summed E-state index contributed by atoms with van der Waals surface area (Å²) < 4.78 is 1.21. The van der Waals surface area contributed by atoms with Crippen molar-refractivity contribution in [3.63, 3.8) is 0 Å². The molecule has 2 aliphatic rings. The molecule has 0 radical (unpaired) electrons. The number of benzene rings is 1. The van der Waals surface area contributed by atoms with E-state index in [9.17, 15) is 0 Å². The highest BCUT2D eigenvalue weighted by Crippen LogP contribution is 2.51. The molecule has 18 heavy (non-hydrogen) atoms. The molecule has 0 spiro atoms. The van der Waals surface area contributed by atoms with Crippen molar-refractivity contribution in [3.8, 4) is 0 Å². The summed E-state index contributed by atoms with van der Waals surface area (Å²) in [6, 6.07) is 7.34. The molecule has 1 unspecified atom stereocenters. The third-order valence-electron chi connectivity index (χ3n) is 5.00. The molecule has 0 aliphatic heterocycles. The number of halogens is 1. The second kappa shape index (κ2) is 4.64. The Balaban J connectivity index is 1.67. The van der Waals surface area contributed by atoms with Gasteiger partial charge in [-0.15, -0.1) is 0 Å². The number of hydrogen-bond acceptors (Lipinski definition) is 1. The number of fused-ring (bicyclic) bond motifs is 1. The summed E-state index contributed by atoms with van der Waals surface area (Å²) in [5.41, 5.74) is 3.66. The smallest absolute Gasteiger partial charge is 0.0326 e. The molecule has 0 amide bonds. The molecule has 0 saturated heterocycles. The van der Waals surface area contributed by atoms with Crippen LogP contribution in [0.25, 0.3) is 0 Å². The first kappa shape index (κ1) is 12.7. The van der Waals surface area contributed by atoms with Crippen LogP contribution >= 0.6 is 15.9 Å². The lowest BCUT2D eigenvalue weighted by atomic mass is 9.92. The fourth-order valence-corrected chi connectivity index (χ4v) is 3.65.